The first-order valence-electron chi connectivity index (χ1n) is 10.1. The van der Waals surface area contributed by atoms with Gasteiger partial charge in [-0.2, -0.15) is 0 Å². The monoisotopic (exact) mass is 382 g/mol. The van der Waals surface area contributed by atoms with Gasteiger partial charge >= 0.3 is 11.9 Å². The van der Waals surface area contributed by atoms with Crippen molar-refractivity contribution in [1.82, 2.24) is 0 Å². The molecule has 2 aromatic carbocycles. The minimum Gasteiger partial charge on any atom is -0.462 e. The molecule has 0 bridgehead atoms. The Morgan fingerprint density at radius 1 is 0.786 bits per heavy atom. The number of carbonyl (C=O) groups is 2. The van der Waals surface area contributed by atoms with Crippen LogP contribution in [0.1, 0.15) is 65.5 Å². The quantitative estimate of drug-likeness (QED) is 0.416. The molecule has 0 saturated heterocycles. The highest BCUT2D eigenvalue weighted by Crippen LogP contribution is 2.11. The molecule has 2 rings (SSSR count). The summed E-state index contributed by atoms with van der Waals surface area (Å²) in [5.74, 6) is -0.380. The Morgan fingerprint density at radius 3 is 1.71 bits per heavy atom. The van der Waals surface area contributed by atoms with Gasteiger partial charge in [0.05, 0.1) is 24.3 Å². The van der Waals surface area contributed by atoms with Gasteiger partial charge in [0.15, 0.2) is 0 Å². The molecule has 0 radical (unpaired) electrons. The van der Waals surface area contributed by atoms with Crippen LogP contribution in [0.25, 0.3) is 0 Å². The van der Waals surface area contributed by atoms with Gasteiger partial charge in [-0.3, -0.25) is 0 Å². The highest BCUT2D eigenvalue weighted by Gasteiger charge is 2.11. The summed E-state index contributed by atoms with van der Waals surface area (Å²) < 4.78 is 10.7. The van der Waals surface area contributed by atoms with Crippen LogP contribution in [0.4, 0.5) is 0 Å². The van der Waals surface area contributed by atoms with Crippen molar-refractivity contribution in [3.63, 3.8) is 0 Å². The Hall–Kier alpha value is -2.62. The number of carbonyl (C=O) groups excluding carboxylic acids is 2. The van der Waals surface area contributed by atoms with E-state index in [1.54, 1.807) is 24.3 Å². The average molecular weight is 383 g/mol. The molecule has 28 heavy (non-hydrogen) atoms. The first-order valence-corrected chi connectivity index (χ1v) is 10.1. The summed E-state index contributed by atoms with van der Waals surface area (Å²) in [7, 11) is 0. The molecule has 0 fully saturated rings. The van der Waals surface area contributed by atoms with Crippen molar-refractivity contribution in [3.8, 4) is 0 Å². The average Bonchev–Trinajstić information content (AvgIpc) is 2.75. The van der Waals surface area contributed by atoms with E-state index in [9.17, 15) is 9.59 Å². The summed E-state index contributed by atoms with van der Waals surface area (Å²) in [6.07, 6.45) is 3.45. The van der Waals surface area contributed by atoms with Crippen molar-refractivity contribution in [2.24, 2.45) is 5.92 Å². The van der Waals surface area contributed by atoms with Gasteiger partial charge in [-0.05, 0) is 67.0 Å². The second-order valence-corrected chi connectivity index (χ2v) is 7.08. The minimum atomic E-state index is -0.295. The third kappa shape index (κ3) is 6.84. The second kappa shape index (κ2) is 11.3. The minimum absolute atomic E-state index is 0.210. The van der Waals surface area contributed by atoms with E-state index in [0.717, 1.165) is 25.7 Å². The van der Waals surface area contributed by atoms with Crippen LogP contribution in [0, 0.1) is 5.92 Å². The summed E-state index contributed by atoms with van der Waals surface area (Å²) in [4.78, 5) is 24.1. The third-order valence-corrected chi connectivity index (χ3v) is 4.77. The van der Waals surface area contributed by atoms with E-state index in [0.29, 0.717) is 24.3 Å². The molecular weight excluding hydrogens is 352 g/mol. The number of esters is 2. The Bertz CT molecular complexity index is 747. The van der Waals surface area contributed by atoms with Gasteiger partial charge < -0.3 is 9.47 Å². The fourth-order valence-corrected chi connectivity index (χ4v) is 2.82. The molecule has 0 saturated carbocycles. The second-order valence-electron chi connectivity index (χ2n) is 7.08. The molecule has 2 aromatic rings. The summed E-state index contributed by atoms with van der Waals surface area (Å²) in [6, 6.07) is 15.0. The summed E-state index contributed by atoms with van der Waals surface area (Å²) >= 11 is 0. The van der Waals surface area contributed by atoms with Crippen LogP contribution in [0.3, 0.4) is 0 Å². The highest BCUT2D eigenvalue weighted by atomic mass is 16.5. The van der Waals surface area contributed by atoms with Crippen LogP contribution >= 0.6 is 0 Å². The molecule has 1 unspecified atom stereocenters. The van der Waals surface area contributed by atoms with Gasteiger partial charge in [-0.25, -0.2) is 9.59 Å². The van der Waals surface area contributed by atoms with Gasteiger partial charge in [-0.15, -0.1) is 0 Å². The van der Waals surface area contributed by atoms with E-state index in [4.69, 9.17) is 9.47 Å². The maximum Gasteiger partial charge on any atom is 0.338 e. The van der Waals surface area contributed by atoms with E-state index in [1.807, 2.05) is 31.2 Å². The molecule has 0 aliphatic heterocycles. The van der Waals surface area contributed by atoms with Gasteiger partial charge in [0.1, 0.15) is 0 Å². The highest BCUT2D eigenvalue weighted by molar-refractivity contribution is 5.89. The lowest BCUT2D eigenvalue weighted by molar-refractivity contribution is 0.0425. The van der Waals surface area contributed by atoms with Crippen LogP contribution in [-0.4, -0.2) is 25.2 Å². The summed E-state index contributed by atoms with van der Waals surface area (Å²) in [5, 5.41) is 0. The SMILES string of the molecule is CCc1ccc(C(=O)OCCCC(C)COC(=O)c2ccc(CC)cc2)cc1. The van der Waals surface area contributed by atoms with Crippen molar-refractivity contribution < 1.29 is 19.1 Å². The first kappa shape index (κ1) is 21.7. The van der Waals surface area contributed by atoms with Crippen LogP contribution in [-0.2, 0) is 22.3 Å². The fourth-order valence-electron chi connectivity index (χ4n) is 2.82. The van der Waals surface area contributed by atoms with Crippen molar-refractivity contribution in [2.75, 3.05) is 13.2 Å². The maximum absolute atomic E-state index is 12.1. The predicted molar refractivity (Wildman–Crippen MR) is 111 cm³/mol. The van der Waals surface area contributed by atoms with Gasteiger partial charge in [0.2, 0.25) is 0 Å². The van der Waals surface area contributed by atoms with Crippen LogP contribution in [0.5, 0.6) is 0 Å². The number of ether oxygens (including phenoxy) is 2. The number of hydrogen-bond acceptors (Lipinski definition) is 4. The largest absolute Gasteiger partial charge is 0.462 e. The Balaban J connectivity index is 1.64. The Labute approximate surface area is 167 Å². The molecule has 1 atom stereocenters. The molecule has 0 aliphatic carbocycles. The van der Waals surface area contributed by atoms with Crippen LogP contribution in [0.15, 0.2) is 48.5 Å². The van der Waals surface area contributed by atoms with E-state index < -0.39 is 0 Å². The molecule has 0 heterocycles. The first-order chi connectivity index (χ1) is 13.5. The summed E-state index contributed by atoms with van der Waals surface area (Å²) in [5.41, 5.74) is 3.54. The fraction of sp³-hybridized carbons (Fsp3) is 0.417. The molecule has 0 aromatic heterocycles. The molecule has 4 heteroatoms. The Kier molecular flexibility index (Phi) is 8.73. The zero-order valence-corrected chi connectivity index (χ0v) is 17.1. The number of aryl methyl sites for hydroxylation is 2. The predicted octanol–water partition coefficient (Wildman–Crippen LogP) is 5.24. The normalized spacial score (nSPS) is 11.7. The zero-order chi connectivity index (χ0) is 20.4. The maximum atomic E-state index is 12.1. The van der Waals surface area contributed by atoms with Crippen LogP contribution in [0.2, 0.25) is 0 Å². The van der Waals surface area contributed by atoms with E-state index in [-0.39, 0.29) is 17.9 Å². The lowest BCUT2D eigenvalue weighted by atomic mass is 10.1. The Morgan fingerprint density at radius 2 is 1.25 bits per heavy atom. The molecule has 0 aliphatic rings. The van der Waals surface area contributed by atoms with Gasteiger partial charge in [0.25, 0.3) is 0 Å². The van der Waals surface area contributed by atoms with Crippen molar-refractivity contribution in [1.29, 1.82) is 0 Å². The van der Waals surface area contributed by atoms with Crippen molar-refractivity contribution >= 4 is 11.9 Å². The zero-order valence-electron chi connectivity index (χ0n) is 17.1. The smallest absolute Gasteiger partial charge is 0.338 e. The van der Waals surface area contributed by atoms with Crippen LogP contribution < -0.4 is 0 Å². The molecule has 0 N–H and O–H groups in total. The van der Waals surface area contributed by atoms with Crippen molar-refractivity contribution in [2.45, 2.75) is 46.5 Å². The molecule has 0 amide bonds. The van der Waals surface area contributed by atoms with E-state index in [2.05, 4.69) is 13.8 Å². The van der Waals surface area contributed by atoms with Gasteiger partial charge in [0, 0.05) is 0 Å². The third-order valence-electron chi connectivity index (χ3n) is 4.77. The topological polar surface area (TPSA) is 52.6 Å². The van der Waals surface area contributed by atoms with Gasteiger partial charge in [-0.1, -0.05) is 45.0 Å². The molecular formula is C24H30O4. The number of rotatable bonds is 10. The van der Waals surface area contributed by atoms with E-state index >= 15 is 0 Å². The van der Waals surface area contributed by atoms with E-state index in [1.165, 1.54) is 11.1 Å². The molecule has 150 valence electrons. The lowest BCUT2D eigenvalue weighted by Gasteiger charge is -2.12. The number of benzene rings is 2. The van der Waals surface area contributed by atoms with Crippen molar-refractivity contribution in [3.05, 3.63) is 70.8 Å². The lowest BCUT2D eigenvalue weighted by Crippen LogP contribution is -2.13. The molecule has 4 nitrogen and oxygen atoms in total. The molecule has 0 spiro atoms. The summed E-state index contributed by atoms with van der Waals surface area (Å²) in [6.45, 7) is 6.91. The number of hydrogen-bond donors (Lipinski definition) is 0. The standard InChI is InChI=1S/C24H30O4/c1-4-19-8-12-21(13-9-19)23(25)27-16-6-7-18(3)17-28-24(26)22-14-10-20(5-2)11-15-22/h8-15,18H,4-7,16-17H2,1-3H3.